The fourth-order valence-corrected chi connectivity index (χ4v) is 4.71. The number of amides is 1. The number of rotatable bonds is 6. The van der Waals surface area contributed by atoms with Gasteiger partial charge >= 0.3 is 5.97 Å². The molecule has 2 aliphatic heterocycles. The number of hydrogen-bond donors (Lipinski definition) is 0. The minimum absolute atomic E-state index is 0.205. The highest BCUT2D eigenvalue weighted by Crippen LogP contribution is 2.40. The molecule has 0 aromatic heterocycles. The number of carbonyl (C=O) groups is 2. The van der Waals surface area contributed by atoms with Crippen LogP contribution >= 0.6 is 0 Å². The smallest absolute Gasteiger partial charge is 0.323 e. The number of nitro groups is 1. The number of ether oxygens (including phenoxy) is 1. The van der Waals surface area contributed by atoms with Crippen molar-refractivity contribution in [2.45, 2.75) is 32.3 Å². The first-order valence-electron chi connectivity index (χ1n) is 10.3. The summed E-state index contributed by atoms with van der Waals surface area (Å²) in [6.07, 6.45) is 1.18. The third-order valence-electron chi connectivity index (χ3n) is 5.42. The van der Waals surface area contributed by atoms with E-state index in [1.165, 1.54) is 33.7 Å². The molecule has 0 bridgehead atoms. The number of hydrogen-bond acceptors (Lipinski definition) is 8. The lowest BCUT2D eigenvalue weighted by atomic mass is 10.00. The quantitative estimate of drug-likeness (QED) is 0.261. The van der Waals surface area contributed by atoms with Crippen molar-refractivity contribution in [2.75, 3.05) is 50.4 Å². The highest BCUT2D eigenvalue weighted by atomic mass is 32.2. The molecule has 0 aliphatic carbocycles. The predicted molar refractivity (Wildman–Crippen MR) is 117 cm³/mol. The minimum Gasteiger partial charge on any atom is -0.459 e. The summed E-state index contributed by atoms with van der Waals surface area (Å²) in [6.45, 7) is 7.59. The van der Waals surface area contributed by atoms with Crippen LogP contribution in [-0.4, -0.2) is 85.5 Å². The average Bonchev–Trinajstić information content (AvgIpc) is 2.95. The molecule has 12 heteroatoms. The Morgan fingerprint density at radius 1 is 1.19 bits per heavy atom. The van der Waals surface area contributed by atoms with E-state index in [1.807, 2.05) is 4.90 Å². The molecule has 0 radical (unpaired) electrons. The van der Waals surface area contributed by atoms with Gasteiger partial charge in [0, 0.05) is 62.7 Å². The predicted octanol–water partition coefficient (Wildman–Crippen LogP) is 0.944. The van der Waals surface area contributed by atoms with E-state index in [4.69, 9.17) is 4.74 Å². The Balaban J connectivity index is 1.78. The van der Waals surface area contributed by atoms with E-state index in [0.29, 0.717) is 38.4 Å². The van der Waals surface area contributed by atoms with Crippen LogP contribution in [0.25, 0.3) is 0 Å². The second-order valence-electron chi connectivity index (χ2n) is 8.96. The number of carbonyl (C=O) groups excluding carboxylic acids is 2. The first-order chi connectivity index (χ1) is 14.8. The van der Waals surface area contributed by atoms with Crippen molar-refractivity contribution in [3.05, 3.63) is 33.9 Å². The number of esters is 1. The minimum atomic E-state index is -3.24. The SMILES string of the molecule is CC(C)(C)OC(=O)C1C(=O)N(CCN2CCN(S(C)(=O)=O)CC2)c2ccc([N+](=O)[O-])cc21. The van der Waals surface area contributed by atoms with Gasteiger partial charge in [0.05, 0.1) is 11.2 Å². The van der Waals surface area contributed by atoms with Gasteiger partial charge in [0.2, 0.25) is 15.9 Å². The molecule has 11 nitrogen and oxygen atoms in total. The lowest BCUT2D eigenvalue weighted by molar-refractivity contribution is -0.384. The molecule has 0 N–H and O–H groups in total. The molecule has 1 unspecified atom stereocenters. The third kappa shape index (κ3) is 5.25. The van der Waals surface area contributed by atoms with Crippen molar-refractivity contribution in [3.63, 3.8) is 0 Å². The Kier molecular flexibility index (Phi) is 6.59. The zero-order chi connectivity index (χ0) is 23.8. The van der Waals surface area contributed by atoms with Crippen LogP contribution in [0.5, 0.6) is 0 Å². The van der Waals surface area contributed by atoms with Crippen LogP contribution < -0.4 is 4.90 Å². The van der Waals surface area contributed by atoms with Crippen LogP contribution in [0.1, 0.15) is 32.3 Å². The molecule has 32 heavy (non-hydrogen) atoms. The van der Waals surface area contributed by atoms with Gasteiger partial charge in [0.1, 0.15) is 5.60 Å². The molecule has 1 atom stereocenters. The Hall–Kier alpha value is -2.57. The topological polar surface area (TPSA) is 130 Å². The van der Waals surface area contributed by atoms with E-state index in [0.717, 1.165) is 0 Å². The lowest BCUT2D eigenvalue weighted by Crippen LogP contribution is -2.50. The maximum absolute atomic E-state index is 13.2. The highest BCUT2D eigenvalue weighted by molar-refractivity contribution is 7.88. The molecule has 1 saturated heterocycles. The molecular formula is C20H28N4O7S. The Morgan fingerprint density at radius 2 is 1.81 bits per heavy atom. The summed E-state index contributed by atoms with van der Waals surface area (Å²) >= 11 is 0. The van der Waals surface area contributed by atoms with E-state index in [1.54, 1.807) is 20.8 Å². The Morgan fingerprint density at radius 3 is 2.34 bits per heavy atom. The van der Waals surface area contributed by atoms with Gasteiger partial charge in [-0.1, -0.05) is 0 Å². The van der Waals surface area contributed by atoms with E-state index >= 15 is 0 Å². The maximum Gasteiger partial charge on any atom is 0.323 e. The van der Waals surface area contributed by atoms with Crippen LogP contribution in [-0.2, 0) is 24.3 Å². The molecule has 2 heterocycles. The molecule has 1 amide bonds. The van der Waals surface area contributed by atoms with E-state index in [-0.39, 0.29) is 17.8 Å². The van der Waals surface area contributed by atoms with Crippen LogP contribution in [0.2, 0.25) is 0 Å². The van der Waals surface area contributed by atoms with Crippen LogP contribution in [0.3, 0.4) is 0 Å². The summed E-state index contributed by atoms with van der Waals surface area (Å²) < 4.78 is 30.2. The van der Waals surface area contributed by atoms with Crippen molar-refractivity contribution in [1.82, 2.24) is 9.21 Å². The lowest BCUT2D eigenvalue weighted by Gasteiger charge is -2.34. The zero-order valence-electron chi connectivity index (χ0n) is 18.6. The maximum atomic E-state index is 13.2. The number of nitro benzene ring substituents is 1. The van der Waals surface area contributed by atoms with Gasteiger partial charge < -0.3 is 9.64 Å². The van der Waals surface area contributed by atoms with Gasteiger partial charge in [-0.3, -0.25) is 24.6 Å². The summed E-state index contributed by atoms with van der Waals surface area (Å²) in [4.78, 5) is 40.1. The molecule has 2 aliphatic rings. The van der Waals surface area contributed by atoms with Crippen LogP contribution in [0, 0.1) is 10.1 Å². The number of piperazine rings is 1. The van der Waals surface area contributed by atoms with Gasteiger partial charge in [0.15, 0.2) is 5.92 Å². The average molecular weight is 469 g/mol. The Bertz CT molecular complexity index is 1030. The first kappa shape index (κ1) is 24.1. The van der Waals surface area contributed by atoms with Gasteiger partial charge in [-0.05, 0) is 26.8 Å². The normalized spacial score (nSPS) is 20.3. The molecule has 0 saturated carbocycles. The van der Waals surface area contributed by atoms with Crippen molar-refractivity contribution in [2.24, 2.45) is 0 Å². The summed E-state index contributed by atoms with van der Waals surface area (Å²) in [6, 6.07) is 4.05. The molecule has 1 fully saturated rings. The van der Waals surface area contributed by atoms with E-state index in [2.05, 4.69) is 0 Å². The van der Waals surface area contributed by atoms with E-state index < -0.39 is 38.3 Å². The van der Waals surface area contributed by atoms with Crippen LogP contribution in [0.4, 0.5) is 11.4 Å². The fraction of sp³-hybridized carbons (Fsp3) is 0.600. The van der Waals surface area contributed by atoms with Gasteiger partial charge in [-0.2, -0.15) is 4.31 Å². The van der Waals surface area contributed by atoms with Crippen molar-refractivity contribution in [3.8, 4) is 0 Å². The van der Waals surface area contributed by atoms with Gasteiger partial charge in [-0.25, -0.2) is 8.42 Å². The molecular weight excluding hydrogens is 440 g/mol. The number of non-ortho nitro benzene ring substituents is 1. The Labute approximate surface area is 187 Å². The zero-order valence-corrected chi connectivity index (χ0v) is 19.4. The van der Waals surface area contributed by atoms with Crippen molar-refractivity contribution in [1.29, 1.82) is 0 Å². The molecule has 1 aromatic rings. The van der Waals surface area contributed by atoms with E-state index in [9.17, 15) is 28.1 Å². The monoisotopic (exact) mass is 468 g/mol. The number of sulfonamides is 1. The van der Waals surface area contributed by atoms with Gasteiger partial charge in [0.25, 0.3) is 5.69 Å². The molecule has 3 rings (SSSR count). The molecule has 1 aromatic carbocycles. The second kappa shape index (κ2) is 8.75. The first-order valence-corrected chi connectivity index (χ1v) is 12.1. The largest absolute Gasteiger partial charge is 0.459 e. The fourth-order valence-electron chi connectivity index (χ4n) is 3.89. The van der Waals surface area contributed by atoms with Crippen LogP contribution in [0.15, 0.2) is 18.2 Å². The summed E-state index contributed by atoms with van der Waals surface area (Å²) in [5.41, 5.74) is -0.305. The molecule has 176 valence electrons. The number of nitrogens with zero attached hydrogens (tertiary/aromatic N) is 4. The van der Waals surface area contributed by atoms with Gasteiger partial charge in [-0.15, -0.1) is 0 Å². The highest BCUT2D eigenvalue weighted by Gasteiger charge is 2.44. The number of benzene rings is 1. The standard InChI is InChI=1S/C20H28N4O7S/c1-20(2,3)31-19(26)17-15-13-14(24(27)28)5-6-16(15)23(18(17)25)12-9-21-7-10-22(11-8-21)32(4,29)30/h5-6,13,17H,7-12H2,1-4H3. The van der Waals surface area contributed by atoms with Crippen molar-refractivity contribution < 1.29 is 27.7 Å². The number of fused-ring (bicyclic) bond motifs is 1. The third-order valence-corrected chi connectivity index (χ3v) is 6.72. The second-order valence-corrected chi connectivity index (χ2v) is 10.9. The summed E-state index contributed by atoms with van der Waals surface area (Å²) in [7, 11) is -3.24. The number of anilines is 1. The summed E-state index contributed by atoms with van der Waals surface area (Å²) in [5.74, 6) is -2.48. The molecule has 0 spiro atoms. The summed E-state index contributed by atoms with van der Waals surface area (Å²) in [5, 5.41) is 11.2. The van der Waals surface area contributed by atoms with Crippen molar-refractivity contribution >= 4 is 33.3 Å².